The number of carbonyl (C=O) groups excluding carboxylic acids is 2. The number of alkyl carbamates (subject to hydrolysis) is 1. The van der Waals surface area contributed by atoms with Gasteiger partial charge in [-0.05, 0) is 30.0 Å². The molecule has 1 aromatic heterocycles. The highest BCUT2D eigenvalue weighted by Crippen LogP contribution is 2.31. The molecule has 1 N–H and O–H groups in total. The molecule has 1 atom stereocenters. The van der Waals surface area contributed by atoms with E-state index in [2.05, 4.69) is 5.32 Å². The highest BCUT2D eigenvalue weighted by atomic mass is 35.5. The third kappa shape index (κ3) is 5.64. The molecule has 0 aliphatic carbocycles. The van der Waals surface area contributed by atoms with Gasteiger partial charge in [-0.2, -0.15) is 0 Å². The summed E-state index contributed by atoms with van der Waals surface area (Å²) in [5.74, 6) is -0.975. The van der Waals surface area contributed by atoms with E-state index in [1.165, 1.54) is 12.1 Å². The predicted molar refractivity (Wildman–Crippen MR) is 116 cm³/mol. The van der Waals surface area contributed by atoms with E-state index in [4.69, 9.17) is 25.5 Å². The predicted octanol–water partition coefficient (Wildman–Crippen LogP) is 4.61. The minimum Gasteiger partial charge on any atom is -0.445 e. The van der Waals surface area contributed by atoms with Crippen LogP contribution in [-0.4, -0.2) is 18.1 Å². The van der Waals surface area contributed by atoms with Gasteiger partial charge < -0.3 is 19.2 Å². The van der Waals surface area contributed by atoms with Gasteiger partial charge in [0.05, 0.1) is 5.02 Å². The summed E-state index contributed by atoms with van der Waals surface area (Å²) in [5.41, 5.74) is 1.23. The number of ether oxygens (including phenoxy) is 2. The first-order valence-corrected chi connectivity index (χ1v) is 10.1. The first-order valence-electron chi connectivity index (χ1n) is 9.67. The van der Waals surface area contributed by atoms with Crippen LogP contribution in [0.2, 0.25) is 5.02 Å². The molecular weight excluding hydrogens is 422 g/mol. The molecule has 3 rings (SSSR count). The molecule has 0 fully saturated rings. The average molecular weight is 444 g/mol. The number of benzene rings is 2. The molecule has 7 nitrogen and oxygen atoms in total. The molecule has 162 valence electrons. The van der Waals surface area contributed by atoms with Gasteiger partial charge in [0.25, 0.3) is 0 Å². The van der Waals surface area contributed by atoms with Crippen LogP contribution in [0.3, 0.4) is 0 Å². The highest BCUT2D eigenvalue weighted by molar-refractivity contribution is 6.33. The Hall–Kier alpha value is -3.32. The molecule has 0 spiro atoms. The van der Waals surface area contributed by atoms with Crippen molar-refractivity contribution in [1.82, 2.24) is 5.32 Å². The Kier molecular flexibility index (Phi) is 6.97. The van der Waals surface area contributed by atoms with E-state index in [9.17, 15) is 14.4 Å². The van der Waals surface area contributed by atoms with Crippen molar-refractivity contribution in [2.24, 2.45) is 5.92 Å². The lowest BCUT2D eigenvalue weighted by Crippen LogP contribution is -2.46. The summed E-state index contributed by atoms with van der Waals surface area (Å²) in [6.07, 6.45) is -0.745. The lowest BCUT2D eigenvalue weighted by Gasteiger charge is -2.21. The fourth-order valence-electron chi connectivity index (χ4n) is 2.96. The van der Waals surface area contributed by atoms with E-state index in [1.54, 1.807) is 26.8 Å². The molecule has 31 heavy (non-hydrogen) atoms. The van der Waals surface area contributed by atoms with E-state index in [1.807, 2.05) is 30.3 Å². The number of hydrogen-bond donors (Lipinski definition) is 1. The first kappa shape index (κ1) is 22.4. The number of hydrogen-bond acceptors (Lipinski definition) is 6. The summed E-state index contributed by atoms with van der Waals surface area (Å²) in [6.45, 7) is 5.34. The maximum Gasteiger partial charge on any atom is 0.408 e. The number of amides is 1. The summed E-state index contributed by atoms with van der Waals surface area (Å²) in [4.78, 5) is 36.6. The van der Waals surface area contributed by atoms with Gasteiger partial charge in [-0.15, -0.1) is 0 Å². The van der Waals surface area contributed by atoms with Crippen molar-refractivity contribution in [2.45, 2.75) is 33.4 Å². The van der Waals surface area contributed by atoms with Crippen LogP contribution in [-0.2, 0) is 16.1 Å². The molecule has 3 aromatic rings. The van der Waals surface area contributed by atoms with Crippen LogP contribution in [0.15, 0.2) is 57.7 Å². The molecule has 0 bridgehead atoms. The van der Waals surface area contributed by atoms with Crippen molar-refractivity contribution in [3.63, 3.8) is 0 Å². The molecule has 0 aliphatic heterocycles. The monoisotopic (exact) mass is 443 g/mol. The molecule has 8 heteroatoms. The summed E-state index contributed by atoms with van der Waals surface area (Å²) < 4.78 is 15.8. The fraction of sp³-hybridized carbons (Fsp3) is 0.261. The largest absolute Gasteiger partial charge is 0.445 e. The zero-order valence-corrected chi connectivity index (χ0v) is 18.1. The number of aryl methyl sites for hydroxylation is 1. The van der Waals surface area contributed by atoms with Crippen LogP contribution in [0.4, 0.5) is 4.79 Å². The second kappa shape index (κ2) is 9.66. The van der Waals surface area contributed by atoms with Gasteiger partial charge in [0.2, 0.25) is 0 Å². The van der Waals surface area contributed by atoms with E-state index in [0.717, 1.165) is 5.56 Å². The number of rotatable bonds is 6. The maximum atomic E-state index is 12.7. The van der Waals surface area contributed by atoms with Gasteiger partial charge in [-0.25, -0.2) is 14.4 Å². The smallest absolute Gasteiger partial charge is 0.408 e. The van der Waals surface area contributed by atoms with Crippen molar-refractivity contribution >= 4 is 34.6 Å². The molecule has 1 unspecified atom stereocenters. The third-order valence-electron chi connectivity index (χ3n) is 4.62. The van der Waals surface area contributed by atoms with Crippen LogP contribution in [0.5, 0.6) is 5.75 Å². The number of fused-ring (bicyclic) bond motifs is 1. The van der Waals surface area contributed by atoms with E-state index in [0.29, 0.717) is 10.9 Å². The Morgan fingerprint density at radius 1 is 1.13 bits per heavy atom. The summed E-state index contributed by atoms with van der Waals surface area (Å²) in [5, 5.41) is 3.33. The average Bonchev–Trinajstić information content (AvgIpc) is 2.72. The lowest BCUT2D eigenvalue weighted by molar-refractivity contribution is -0.137. The third-order valence-corrected chi connectivity index (χ3v) is 4.92. The van der Waals surface area contributed by atoms with Gasteiger partial charge in [-0.1, -0.05) is 55.8 Å². The van der Waals surface area contributed by atoms with Crippen LogP contribution < -0.4 is 15.7 Å². The molecule has 0 aliphatic rings. The molecule has 1 heterocycles. The maximum absolute atomic E-state index is 12.7. The fourth-order valence-corrected chi connectivity index (χ4v) is 3.16. The lowest BCUT2D eigenvalue weighted by atomic mass is 10.1. The van der Waals surface area contributed by atoms with Gasteiger partial charge >= 0.3 is 17.7 Å². The highest BCUT2D eigenvalue weighted by Gasteiger charge is 2.28. The molecular formula is C23H22ClNO6. The van der Waals surface area contributed by atoms with Crippen LogP contribution in [0, 0.1) is 12.8 Å². The summed E-state index contributed by atoms with van der Waals surface area (Å²) in [7, 11) is 0. The molecule has 2 aromatic carbocycles. The number of esters is 1. The SMILES string of the molecule is Cc1cc(=O)oc2cc(OC(=O)C(NC(=O)OCc3ccccc3)C(C)C)c(Cl)cc12. The van der Waals surface area contributed by atoms with Crippen molar-refractivity contribution in [2.75, 3.05) is 0 Å². The molecule has 1 amide bonds. The number of halogens is 1. The van der Waals surface area contributed by atoms with Crippen molar-refractivity contribution in [3.05, 3.63) is 75.1 Å². The van der Waals surface area contributed by atoms with Gasteiger partial charge in [0.1, 0.15) is 18.2 Å². The van der Waals surface area contributed by atoms with Crippen molar-refractivity contribution in [3.8, 4) is 5.75 Å². The Morgan fingerprint density at radius 3 is 2.52 bits per heavy atom. The summed E-state index contributed by atoms with van der Waals surface area (Å²) >= 11 is 6.26. The molecule has 0 saturated heterocycles. The second-order valence-electron chi connectivity index (χ2n) is 7.38. The minimum absolute atomic E-state index is 0.0259. The Labute approximate surface area is 183 Å². The zero-order valence-electron chi connectivity index (χ0n) is 17.3. The van der Waals surface area contributed by atoms with Gasteiger partial charge in [0, 0.05) is 17.5 Å². The molecule has 0 radical (unpaired) electrons. The summed E-state index contributed by atoms with van der Waals surface area (Å²) in [6, 6.07) is 12.5. The minimum atomic E-state index is -0.973. The topological polar surface area (TPSA) is 94.8 Å². The van der Waals surface area contributed by atoms with Crippen LogP contribution in [0.1, 0.15) is 25.0 Å². The van der Waals surface area contributed by atoms with Crippen molar-refractivity contribution in [1.29, 1.82) is 0 Å². The van der Waals surface area contributed by atoms with E-state index < -0.39 is 23.7 Å². The number of nitrogens with one attached hydrogen (secondary N) is 1. The first-order chi connectivity index (χ1) is 14.7. The van der Waals surface area contributed by atoms with Crippen LogP contribution >= 0.6 is 11.6 Å². The second-order valence-corrected chi connectivity index (χ2v) is 7.78. The Bertz CT molecular complexity index is 1160. The van der Waals surface area contributed by atoms with Gasteiger partial charge in [0.15, 0.2) is 5.75 Å². The zero-order chi connectivity index (χ0) is 22.5. The standard InChI is InChI=1S/C23H22ClNO6/c1-13(2)21(25-23(28)29-12-15-7-5-4-6-8-15)22(27)31-19-11-18-16(10-17(19)24)14(3)9-20(26)30-18/h4-11,13,21H,12H2,1-3H3,(H,25,28). The van der Waals surface area contributed by atoms with E-state index >= 15 is 0 Å². The van der Waals surface area contributed by atoms with E-state index in [-0.39, 0.29) is 28.9 Å². The van der Waals surface area contributed by atoms with Crippen LogP contribution in [0.25, 0.3) is 11.0 Å². The quantitative estimate of drug-likeness (QED) is 0.339. The Morgan fingerprint density at radius 2 is 1.84 bits per heavy atom. The normalized spacial score (nSPS) is 11.9. The van der Waals surface area contributed by atoms with Gasteiger partial charge in [-0.3, -0.25) is 0 Å². The van der Waals surface area contributed by atoms with Crippen molar-refractivity contribution < 1.29 is 23.5 Å². The number of carbonyl (C=O) groups is 2. The molecule has 0 saturated carbocycles. The Balaban J connectivity index is 1.72.